The van der Waals surface area contributed by atoms with Crippen LogP contribution in [0.2, 0.25) is 0 Å². The zero-order valence-electron chi connectivity index (χ0n) is 13.1. The zero-order chi connectivity index (χ0) is 17.4. The van der Waals surface area contributed by atoms with Crippen molar-refractivity contribution in [1.29, 1.82) is 5.26 Å². The molecule has 10 heteroatoms. The number of nitrogen functional groups attached to an aromatic ring is 1. The summed E-state index contributed by atoms with van der Waals surface area (Å²) >= 11 is 0. The minimum atomic E-state index is 0.116. The van der Waals surface area contributed by atoms with Crippen molar-refractivity contribution < 1.29 is 0 Å². The van der Waals surface area contributed by atoms with E-state index in [4.69, 9.17) is 11.0 Å². The Bertz CT molecular complexity index is 1100. The number of fused-ring (bicyclic) bond motifs is 1. The van der Waals surface area contributed by atoms with Crippen LogP contribution >= 0.6 is 0 Å². The fraction of sp³-hybridized carbons (Fsp3) is 0.0667. The molecule has 4 rings (SSSR count). The van der Waals surface area contributed by atoms with Crippen molar-refractivity contribution in [2.75, 3.05) is 11.1 Å². The summed E-state index contributed by atoms with van der Waals surface area (Å²) in [4.78, 5) is 17.1. The Morgan fingerprint density at radius 1 is 1.20 bits per heavy atom. The molecule has 3 heterocycles. The van der Waals surface area contributed by atoms with E-state index in [0.29, 0.717) is 29.1 Å². The van der Waals surface area contributed by atoms with E-state index < -0.39 is 0 Å². The van der Waals surface area contributed by atoms with Gasteiger partial charge in [-0.05, 0) is 19.1 Å². The molecular formula is C15H12N10. The van der Waals surface area contributed by atoms with E-state index >= 15 is 0 Å². The predicted octanol–water partition coefficient (Wildman–Crippen LogP) is 1.44. The van der Waals surface area contributed by atoms with Gasteiger partial charge in [-0.1, -0.05) is 12.1 Å². The fourth-order valence-corrected chi connectivity index (χ4v) is 2.48. The van der Waals surface area contributed by atoms with Crippen molar-refractivity contribution in [3.8, 4) is 12.0 Å². The van der Waals surface area contributed by atoms with Gasteiger partial charge in [0.25, 0.3) is 0 Å². The normalized spacial score (nSPS) is 10.7. The first-order valence-electron chi connectivity index (χ1n) is 7.32. The van der Waals surface area contributed by atoms with E-state index in [-0.39, 0.29) is 5.95 Å². The van der Waals surface area contributed by atoms with Crippen LogP contribution in [0.25, 0.3) is 17.0 Å². The van der Waals surface area contributed by atoms with Gasteiger partial charge in [0, 0.05) is 0 Å². The molecule has 0 atom stereocenters. The molecule has 0 saturated heterocycles. The predicted molar refractivity (Wildman–Crippen MR) is 90.2 cm³/mol. The third-order valence-electron chi connectivity index (χ3n) is 3.51. The van der Waals surface area contributed by atoms with Crippen LogP contribution in [0.5, 0.6) is 0 Å². The monoisotopic (exact) mass is 332 g/mol. The highest BCUT2D eigenvalue weighted by Crippen LogP contribution is 2.25. The molecule has 3 aromatic heterocycles. The number of imidazole rings is 1. The summed E-state index contributed by atoms with van der Waals surface area (Å²) < 4.78 is 1.71. The minimum absolute atomic E-state index is 0.116. The molecule has 0 spiro atoms. The molecule has 0 fully saturated rings. The van der Waals surface area contributed by atoms with E-state index in [1.165, 1.54) is 6.20 Å². The largest absolute Gasteiger partial charge is 0.368 e. The minimum Gasteiger partial charge on any atom is -0.368 e. The summed E-state index contributed by atoms with van der Waals surface area (Å²) in [5, 5.41) is 18.8. The van der Waals surface area contributed by atoms with Crippen molar-refractivity contribution in [3.05, 3.63) is 41.9 Å². The number of H-pyrrole nitrogens is 1. The summed E-state index contributed by atoms with van der Waals surface area (Å²) in [5.41, 5.74) is 7.65. The molecule has 25 heavy (non-hydrogen) atoms. The lowest BCUT2D eigenvalue weighted by molar-refractivity contribution is 0.892. The van der Waals surface area contributed by atoms with E-state index in [1.807, 2.05) is 24.3 Å². The first-order chi connectivity index (χ1) is 12.2. The van der Waals surface area contributed by atoms with Crippen molar-refractivity contribution in [1.82, 2.24) is 34.7 Å². The third kappa shape index (κ3) is 2.49. The van der Waals surface area contributed by atoms with Crippen LogP contribution < -0.4 is 11.1 Å². The van der Waals surface area contributed by atoms with Crippen LogP contribution in [-0.4, -0.2) is 34.7 Å². The molecule has 10 nitrogen and oxygen atoms in total. The zero-order valence-corrected chi connectivity index (χ0v) is 13.1. The smallest absolute Gasteiger partial charge is 0.242 e. The summed E-state index contributed by atoms with van der Waals surface area (Å²) in [5.74, 6) is 1.79. The van der Waals surface area contributed by atoms with Crippen molar-refractivity contribution in [2.45, 2.75) is 6.92 Å². The number of hydrogen-bond acceptors (Lipinski definition) is 8. The molecule has 122 valence electrons. The molecule has 0 aliphatic carbocycles. The van der Waals surface area contributed by atoms with Crippen molar-refractivity contribution >= 4 is 28.7 Å². The lowest BCUT2D eigenvalue weighted by atomic mass is 10.3. The first-order valence-corrected chi connectivity index (χ1v) is 7.32. The van der Waals surface area contributed by atoms with Crippen molar-refractivity contribution in [3.63, 3.8) is 0 Å². The van der Waals surface area contributed by atoms with E-state index in [9.17, 15) is 0 Å². The number of nitrogens with one attached hydrogen (secondary N) is 2. The lowest BCUT2D eigenvalue weighted by Crippen LogP contribution is -2.10. The van der Waals surface area contributed by atoms with Gasteiger partial charge in [-0.3, -0.25) is 5.10 Å². The Kier molecular flexibility index (Phi) is 3.25. The Morgan fingerprint density at radius 2 is 2.04 bits per heavy atom. The summed E-state index contributed by atoms with van der Waals surface area (Å²) in [6.07, 6.45) is 1.43. The number of nitrogens with two attached hydrogens (primary N) is 1. The number of nitrogens with zero attached hydrogens (tertiary/aromatic N) is 7. The maximum Gasteiger partial charge on any atom is 0.242 e. The third-order valence-corrected chi connectivity index (χ3v) is 3.51. The van der Waals surface area contributed by atoms with Gasteiger partial charge >= 0.3 is 0 Å². The molecule has 0 amide bonds. The molecule has 0 unspecified atom stereocenters. The van der Waals surface area contributed by atoms with Gasteiger partial charge < -0.3 is 11.1 Å². The number of aryl methyl sites for hydroxylation is 1. The fourth-order valence-electron chi connectivity index (χ4n) is 2.48. The number of benzene rings is 1. The second-order valence-electron chi connectivity index (χ2n) is 5.20. The van der Waals surface area contributed by atoms with Gasteiger partial charge in [0.2, 0.25) is 17.8 Å². The quantitative estimate of drug-likeness (QED) is 0.510. The molecule has 4 N–H and O–H groups in total. The van der Waals surface area contributed by atoms with Crippen LogP contribution in [0.4, 0.5) is 17.7 Å². The number of anilines is 3. The summed E-state index contributed by atoms with van der Waals surface area (Å²) in [7, 11) is 0. The molecule has 0 aliphatic rings. The van der Waals surface area contributed by atoms with E-state index in [2.05, 4.69) is 41.5 Å². The topological polar surface area (TPSA) is 147 Å². The Labute approximate surface area is 141 Å². The lowest BCUT2D eigenvalue weighted by Gasteiger charge is -2.09. The van der Waals surface area contributed by atoms with Crippen LogP contribution in [0, 0.1) is 18.3 Å². The number of aromatic amines is 1. The first kappa shape index (κ1) is 14.6. The summed E-state index contributed by atoms with van der Waals surface area (Å²) in [6.45, 7) is 1.73. The second-order valence-corrected chi connectivity index (χ2v) is 5.20. The Morgan fingerprint density at radius 3 is 2.84 bits per heavy atom. The maximum absolute atomic E-state index is 9.16. The van der Waals surface area contributed by atoms with Gasteiger partial charge in [-0.2, -0.15) is 25.3 Å². The molecule has 0 saturated carbocycles. The molecule has 0 radical (unpaired) electrons. The number of aromatic nitrogens is 7. The SMILES string of the molecule is Cc1nc(N)nc(-n2c(Nc3[nH]ncc3C#N)nc3ccccc32)n1. The van der Waals surface area contributed by atoms with Gasteiger partial charge in [0.15, 0.2) is 0 Å². The second kappa shape index (κ2) is 5.57. The Hall–Kier alpha value is -4.00. The molecule has 4 aromatic rings. The molecule has 0 bridgehead atoms. The standard InChI is InChI=1S/C15H12N10/c1-8-19-13(17)23-14(20-8)25-11-5-3-2-4-10(11)21-15(25)22-12-9(6-16)7-18-24-12/h2-5,7H,1H3,(H2,17,19,20,23)(H2,18,21,22,24). The average molecular weight is 332 g/mol. The number of para-hydroxylation sites is 2. The summed E-state index contributed by atoms with van der Waals surface area (Å²) in [6, 6.07) is 9.58. The van der Waals surface area contributed by atoms with E-state index in [0.717, 1.165) is 11.0 Å². The number of nitriles is 1. The number of hydrogen-bond donors (Lipinski definition) is 3. The van der Waals surface area contributed by atoms with Crippen LogP contribution in [-0.2, 0) is 0 Å². The average Bonchev–Trinajstić information content (AvgIpc) is 3.17. The Balaban J connectivity index is 1.94. The van der Waals surface area contributed by atoms with Crippen LogP contribution in [0.1, 0.15) is 11.4 Å². The van der Waals surface area contributed by atoms with Crippen LogP contribution in [0.3, 0.4) is 0 Å². The van der Waals surface area contributed by atoms with Gasteiger partial charge in [-0.25, -0.2) is 9.55 Å². The van der Waals surface area contributed by atoms with E-state index in [1.54, 1.807) is 11.5 Å². The number of rotatable bonds is 3. The highest BCUT2D eigenvalue weighted by atomic mass is 15.3. The molecule has 1 aromatic carbocycles. The highest BCUT2D eigenvalue weighted by molar-refractivity contribution is 5.81. The van der Waals surface area contributed by atoms with Gasteiger partial charge in [-0.15, -0.1) is 0 Å². The molecular weight excluding hydrogens is 320 g/mol. The molecule has 0 aliphatic heterocycles. The van der Waals surface area contributed by atoms with Gasteiger partial charge in [0.05, 0.1) is 17.2 Å². The van der Waals surface area contributed by atoms with Crippen LogP contribution in [0.15, 0.2) is 30.5 Å². The van der Waals surface area contributed by atoms with Crippen molar-refractivity contribution in [2.24, 2.45) is 0 Å². The highest BCUT2D eigenvalue weighted by Gasteiger charge is 2.17. The maximum atomic E-state index is 9.16. The van der Waals surface area contributed by atoms with Gasteiger partial charge in [0.1, 0.15) is 23.3 Å².